The highest BCUT2D eigenvalue weighted by Crippen LogP contribution is 2.38. The quantitative estimate of drug-likeness (QED) is 0.204. The molecule has 1 aliphatic rings. The SMILES string of the molecule is c1cc2cc(c1)-c1cccc(c1)-c1nc3ccccc3n1-c1cccc(c1)-c1ccccc1-c1cccc-2c1. The first-order valence-electron chi connectivity index (χ1n) is 13.3. The second kappa shape index (κ2) is 8.68. The molecule has 0 unspecified atom stereocenters. The van der Waals surface area contributed by atoms with E-state index < -0.39 is 0 Å². The van der Waals surface area contributed by atoms with E-state index in [4.69, 9.17) is 4.98 Å². The second-order valence-electron chi connectivity index (χ2n) is 10.1. The predicted octanol–water partition coefficient (Wildman–Crippen LogP) is 9.67. The molecular weight excluding hydrogens is 472 g/mol. The van der Waals surface area contributed by atoms with Gasteiger partial charge in [0.1, 0.15) is 5.82 Å². The van der Waals surface area contributed by atoms with Crippen molar-refractivity contribution >= 4 is 11.0 Å². The number of hydrogen-bond donors (Lipinski definition) is 0. The third kappa shape index (κ3) is 3.61. The van der Waals surface area contributed by atoms with Gasteiger partial charge in [-0.05, 0) is 87.0 Å². The predicted molar refractivity (Wildman–Crippen MR) is 162 cm³/mol. The van der Waals surface area contributed by atoms with Crippen molar-refractivity contribution in [1.82, 2.24) is 9.55 Å². The molecule has 1 aliphatic heterocycles. The molecule has 0 saturated heterocycles. The van der Waals surface area contributed by atoms with Gasteiger partial charge in [0.25, 0.3) is 0 Å². The third-order valence-electron chi connectivity index (χ3n) is 7.73. The first-order valence-corrected chi connectivity index (χ1v) is 13.3. The van der Waals surface area contributed by atoms with Crippen molar-refractivity contribution in [1.29, 1.82) is 0 Å². The van der Waals surface area contributed by atoms with Crippen molar-refractivity contribution in [3.05, 3.63) is 146 Å². The molecule has 0 N–H and O–H groups in total. The van der Waals surface area contributed by atoms with Crippen LogP contribution in [0.25, 0.3) is 72.6 Å². The van der Waals surface area contributed by atoms with E-state index in [1.54, 1.807) is 0 Å². The Morgan fingerprint density at radius 1 is 0.385 bits per heavy atom. The van der Waals surface area contributed by atoms with Gasteiger partial charge >= 0.3 is 0 Å². The fourth-order valence-electron chi connectivity index (χ4n) is 5.86. The largest absolute Gasteiger partial charge is 0.292 e. The second-order valence-corrected chi connectivity index (χ2v) is 10.1. The van der Waals surface area contributed by atoms with Crippen molar-refractivity contribution in [2.45, 2.75) is 0 Å². The molecule has 8 bridgehead atoms. The maximum absolute atomic E-state index is 5.14. The van der Waals surface area contributed by atoms with E-state index >= 15 is 0 Å². The van der Waals surface area contributed by atoms with Gasteiger partial charge in [-0.15, -0.1) is 0 Å². The van der Waals surface area contributed by atoms with E-state index in [0.29, 0.717) is 0 Å². The zero-order valence-electron chi connectivity index (χ0n) is 21.3. The minimum Gasteiger partial charge on any atom is -0.292 e. The molecule has 0 radical (unpaired) electrons. The average Bonchev–Trinajstić information content (AvgIpc) is 3.41. The van der Waals surface area contributed by atoms with Crippen molar-refractivity contribution in [2.75, 3.05) is 0 Å². The van der Waals surface area contributed by atoms with Crippen LogP contribution in [-0.2, 0) is 0 Å². The Hall–Kier alpha value is -5.21. The molecule has 0 spiro atoms. The summed E-state index contributed by atoms with van der Waals surface area (Å²) in [7, 11) is 0. The van der Waals surface area contributed by atoms with Crippen molar-refractivity contribution in [3.63, 3.8) is 0 Å². The van der Waals surface area contributed by atoms with Crippen molar-refractivity contribution < 1.29 is 0 Å². The number of para-hydroxylation sites is 2. The summed E-state index contributed by atoms with van der Waals surface area (Å²) in [5.74, 6) is 0.942. The number of fused-ring (bicyclic) bond motifs is 18. The summed E-state index contributed by atoms with van der Waals surface area (Å²) in [5, 5.41) is 0. The standard InChI is InChI=1S/C37H24N2/c1-2-18-34-30-14-8-16-32(24-30)39-36-20-4-3-19-35(36)38-37(39)31-15-7-12-28(23-31)26-10-5-9-25(21-26)27-11-6-13-29(22-27)33(34)17-1/h1-24H. The molecule has 39 heavy (non-hydrogen) atoms. The number of imidazole rings is 1. The van der Waals surface area contributed by atoms with E-state index in [0.717, 1.165) is 28.1 Å². The highest BCUT2D eigenvalue weighted by Gasteiger charge is 2.17. The molecule has 8 rings (SSSR count). The number of hydrogen-bond acceptors (Lipinski definition) is 1. The van der Waals surface area contributed by atoms with E-state index in [1.807, 2.05) is 0 Å². The minimum atomic E-state index is 0.942. The first kappa shape index (κ1) is 21.8. The summed E-state index contributed by atoms with van der Waals surface area (Å²) < 4.78 is 2.30. The maximum Gasteiger partial charge on any atom is 0.145 e. The molecule has 6 aromatic carbocycles. The highest BCUT2D eigenvalue weighted by molar-refractivity contribution is 5.88. The van der Waals surface area contributed by atoms with Gasteiger partial charge in [-0.1, -0.05) is 103 Å². The molecular formula is C37H24N2. The number of nitrogens with zero attached hydrogens (tertiary/aromatic N) is 2. The summed E-state index contributed by atoms with van der Waals surface area (Å²) in [6, 6.07) is 52.4. The van der Waals surface area contributed by atoms with Gasteiger partial charge in [0.2, 0.25) is 0 Å². The number of aromatic nitrogens is 2. The Morgan fingerprint density at radius 2 is 0.872 bits per heavy atom. The molecule has 2 heteroatoms. The summed E-state index contributed by atoms with van der Waals surface area (Å²) in [4.78, 5) is 5.14. The van der Waals surface area contributed by atoms with Crippen LogP contribution in [0.5, 0.6) is 0 Å². The third-order valence-corrected chi connectivity index (χ3v) is 7.73. The van der Waals surface area contributed by atoms with Crippen LogP contribution in [0, 0.1) is 0 Å². The zero-order chi connectivity index (χ0) is 25.8. The van der Waals surface area contributed by atoms with E-state index in [1.165, 1.54) is 44.5 Å². The van der Waals surface area contributed by atoms with E-state index in [-0.39, 0.29) is 0 Å². The fraction of sp³-hybridized carbons (Fsp3) is 0. The van der Waals surface area contributed by atoms with E-state index in [9.17, 15) is 0 Å². The number of benzene rings is 6. The Kier molecular flexibility index (Phi) is 4.86. The molecule has 2 nitrogen and oxygen atoms in total. The van der Waals surface area contributed by atoms with Gasteiger partial charge in [-0.3, -0.25) is 4.57 Å². The van der Waals surface area contributed by atoms with Crippen LogP contribution in [0.2, 0.25) is 0 Å². The summed E-state index contributed by atoms with van der Waals surface area (Å²) >= 11 is 0. The first-order chi connectivity index (χ1) is 19.3. The molecule has 0 atom stereocenters. The highest BCUT2D eigenvalue weighted by atomic mass is 15.1. The topological polar surface area (TPSA) is 17.8 Å². The molecule has 0 amide bonds. The molecule has 0 fully saturated rings. The lowest BCUT2D eigenvalue weighted by atomic mass is 9.91. The van der Waals surface area contributed by atoms with Gasteiger partial charge in [-0.25, -0.2) is 4.98 Å². The van der Waals surface area contributed by atoms with Gasteiger partial charge in [-0.2, -0.15) is 0 Å². The molecule has 7 aromatic rings. The normalized spacial score (nSPS) is 11.6. The lowest BCUT2D eigenvalue weighted by Crippen LogP contribution is -1.98. The zero-order valence-corrected chi connectivity index (χ0v) is 21.3. The number of rotatable bonds is 0. The van der Waals surface area contributed by atoms with Crippen molar-refractivity contribution in [2.24, 2.45) is 0 Å². The van der Waals surface area contributed by atoms with Crippen molar-refractivity contribution in [3.8, 4) is 61.6 Å². The summed E-state index contributed by atoms with van der Waals surface area (Å²) in [5.41, 5.74) is 13.9. The van der Waals surface area contributed by atoms with Gasteiger partial charge in [0, 0.05) is 11.3 Å². The lowest BCUT2D eigenvalue weighted by molar-refractivity contribution is 1.10. The van der Waals surface area contributed by atoms with Crippen LogP contribution < -0.4 is 0 Å². The molecule has 182 valence electrons. The monoisotopic (exact) mass is 496 g/mol. The molecule has 0 saturated carbocycles. The van der Waals surface area contributed by atoms with Crippen LogP contribution in [0.15, 0.2) is 146 Å². The average molecular weight is 497 g/mol. The summed E-state index contributed by atoms with van der Waals surface area (Å²) in [6.45, 7) is 0. The smallest absolute Gasteiger partial charge is 0.145 e. The van der Waals surface area contributed by atoms with Gasteiger partial charge in [0.15, 0.2) is 0 Å². The minimum absolute atomic E-state index is 0.942. The molecule has 1 aromatic heterocycles. The fourth-order valence-corrected chi connectivity index (χ4v) is 5.86. The Balaban J connectivity index is 1.50. The maximum atomic E-state index is 5.14. The summed E-state index contributed by atoms with van der Waals surface area (Å²) in [6.07, 6.45) is 0. The van der Waals surface area contributed by atoms with Gasteiger partial charge < -0.3 is 0 Å². The lowest BCUT2D eigenvalue weighted by Gasteiger charge is -2.16. The van der Waals surface area contributed by atoms with Crippen LogP contribution in [0.3, 0.4) is 0 Å². The van der Waals surface area contributed by atoms with E-state index in [2.05, 4.69) is 150 Å². The Morgan fingerprint density at radius 3 is 1.56 bits per heavy atom. The Labute approximate surface area is 227 Å². The van der Waals surface area contributed by atoms with Crippen LogP contribution in [-0.4, -0.2) is 9.55 Å². The van der Waals surface area contributed by atoms with Crippen LogP contribution in [0.1, 0.15) is 0 Å². The van der Waals surface area contributed by atoms with Gasteiger partial charge in [0.05, 0.1) is 11.0 Å². The van der Waals surface area contributed by atoms with Crippen LogP contribution in [0.4, 0.5) is 0 Å². The van der Waals surface area contributed by atoms with Crippen LogP contribution >= 0.6 is 0 Å². The Bertz CT molecular complexity index is 2030. The molecule has 2 heterocycles. The molecule has 0 aliphatic carbocycles.